The summed E-state index contributed by atoms with van der Waals surface area (Å²) < 4.78 is 7.71. The average molecular weight is 380 g/mol. The van der Waals surface area contributed by atoms with Crippen LogP contribution in [0.5, 0.6) is 0 Å². The van der Waals surface area contributed by atoms with Crippen molar-refractivity contribution in [3.05, 3.63) is 59.0 Å². The third-order valence-corrected chi connectivity index (χ3v) is 4.82. The van der Waals surface area contributed by atoms with Crippen molar-refractivity contribution in [2.24, 2.45) is 0 Å². The molecule has 3 heterocycles. The minimum atomic E-state index is -0.335. The molecular formula is C20H24N6O2. The van der Waals surface area contributed by atoms with Crippen molar-refractivity contribution in [3.8, 4) is 0 Å². The largest absolute Gasteiger partial charge is 0.370 e. The molecule has 8 heteroatoms. The van der Waals surface area contributed by atoms with Crippen LogP contribution in [0.4, 0.5) is 5.82 Å². The van der Waals surface area contributed by atoms with Crippen LogP contribution in [0.1, 0.15) is 48.2 Å². The molecule has 0 aliphatic carbocycles. The molecule has 0 bridgehead atoms. The zero-order valence-electron chi connectivity index (χ0n) is 16.3. The molecule has 0 saturated heterocycles. The molecule has 2 aromatic heterocycles. The van der Waals surface area contributed by atoms with Gasteiger partial charge in [0, 0.05) is 23.6 Å². The van der Waals surface area contributed by atoms with E-state index >= 15 is 0 Å². The third-order valence-electron chi connectivity index (χ3n) is 4.82. The Morgan fingerprint density at radius 3 is 2.82 bits per heavy atom. The Labute approximate surface area is 163 Å². The number of nitrogens with one attached hydrogen (secondary N) is 2. The van der Waals surface area contributed by atoms with Crippen LogP contribution in [0.15, 0.2) is 36.4 Å². The number of rotatable bonds is 4. The number of amides is 1. The van der Waals surface area contributed by atoms with Crippen molar-refractivity contribution >= 4 is 11.7 Å². The Hall–Kier alpha value is -3.00. The van der Waals surface area contributed by atoms with E-state index in [-0.39, 0.29) is 23.1 Å². The second-order valence-electron chi connectivity index (χ2n) is 8.06. The first-order chi connectivity index (χ1) is 13.4. The van der Waals surface area contributed by atoms with Gasteiger partial charge in [-0.3, -0.25) is 9.89 Å². The van der Waals surface area contributed by atoms with Gasteiger partial charge in [0.15, 0.2) is 11.5 Å². The minimum absolute atomic E-state index is 0.00759. The highest BCUT2D eigenvalue weighted by molar-refractivity contribution is 6.03. The van der Waals surface area contributed by atoms with Crippen molar-refractivity contribution < 1.29 is 9.53 Å². The van der Waals surface area contributed by atoms with Crippen molar-refractivity contribution in [1.29, 1.82) is 0 Å². The lowest BCUT2D eigenvalue weighted by molar-refractivity contribution is 0.000458. The van der Waals surface area contributed by atoms with Gasteiger partial charge in [0.05, 0.1) is 24.9 Å². The van der Waals surface area contributed by atoms with Gasteiger partial charge in [0.2, 0.25) is 0 Å². The minimum Gasteiger partial charge on any atom is -0.370 e. The van der Waals surface area contributed by atoms with E-state index in [1.807, 2.05) is 24.3 Å². The van der Waals surface area contributed by atoms with Gasteiger partial charge in [-0.2, -0.15) is 5.10 Å². The van der Waals surface area contributed by atoms with Gasteiger partial charge < -0.3 is 10.1 Å². The van der Waals surface area contributed by atoms with E-state index in [4.69, 9.17) is 4.74 Å². The van der Waals surface area contributed by atoms with E-state index < -0.39 is 0 Å². The van der Waals surface area contributed by atoms with Gasteiger partial charge >= 0.3 is 0 Å². The standard InChI is InChI=1S/C20H24N6O2/c1-20(2,3)16-10-17(23-22-16)21-19(27)18-15-12-28-14(11-26(15)25-24-18)9-13-7-5-4-6-8-13/h4-8,10,14H,9,11-12H2,1-3H3,(H2,21,22,23,27)/t14-/m1/s1. The number of hydrogen-bond acceptors (Lipinski definition) is 5. The van der Waals surface area contributed by atoms with Crippen LogP contribution < -0.4 is 5.32 Å². The number of carbonyl (C=O) groups is 1. The van der Waals surface area contributed by atoms with Crippen molar-refractivity contribution in [2.45, 2.75) is 51.9 Å². The number of carbonyl (C=O) groups excluding carboxylic acids is 1. The predicted molar refractivity (Wildman–Crippen MR) is 104 cm³/mol. The molecular weight excluding hydrogens is 356 g/mol. The van der Waals surface area contributed by atoms with Crippen LogP contribution in [0, 0.1) is 0 Å². The number of benzene rings is 1. The number of anilines is 1. The first-order valence-electron chi connectivity index (χ1n) is 9.35. The van der Waals surface area contributed by atoms with Crippen LogP contribution >= 0.6 is 0 Å². The van der Waals surface area contributed by atoms with Gasteiger partial charge in [-0.15, -0.1) is 5.10 Å². The summed E-state index contributed by atoms with van der Waals surface area (Å²) >= 11 is 0. The molecule has 1 atom stereocenters. The number of fused-ring (bicyclic) bond motifs is 1. The first kappa shape index (κ1) is 18.4. The fourth-order valence-corrected chi connectivity index (χ4v) is 3.19. The molecule has 0 unspecified atom stereocenters. The molecule has 4 rings (SSSR count). The lowest BCUT2D eigenvalue weighted by Gasteiger charge is -2.24. The highest BCUT2D eigenvalue weighted by Crippen LogP contribution is 2.23. The van der Waals surface area contributed by atoms with Gasteiger partial charge in [-0.25, -0.2) is 4.68 Å². The Kier molecular flexibility index (Phi) is 4.72. The number of nitrogens with zero attached hydrogens (tertiary/aromatic N) is 4. The summed E-state index contributed by atoms with van der Waals surface area (Å²) in [7, 11) is 0. The van der Waals surface area contributed by atoms with E-state index in [0.29, 0.717) is 24.7 Å². The Bertz CT molecular complexity index is 970. The van der Waals surface area contributed by atoms with E-state index in [9.17, 15) is 4.79 Å². The fraction of sp³-hybridized carbons (Fsp3) is 0.400. The summed E-state index contributed by atoms with van der Waals surface area (Å²) in [6, 6.07) is 12.0. The second kappa shape index (κ2) is 7.20. The summed E-state index contributed by atoms with van der Waals surface area (Å²) in [4.78, 5) is 12.6. The molecule has 3 aromatic rings. The molecule has 1 amide bonds. The van der Waals surface area contributed by atoms with Crippen LogP contribution in [0.3, 0.4) is 0 Å². The second-order valence-corrected chi connectivity index (χ2v) is 8.06. The SMILES string of the molecule is CC(C)(C)c1cc(NC(=O)c2nnn3c2CO[C@H](Cc2ccccc2)C3)n[nH]1. The van der Waals surface area contributed by atoms with E-state index in [1.54, 1.807) is 4.68 Å². The molecule has 2 N–H and O–H groups in total. The normalized spacial score (nSPS) is 16.6. The molecule has 28 heavy (non-hydrogen) atoms. The molecule has 0 fully saturated rings. The zero-order chi connectivity index (χ0) is 19.7. The lowest BCUT2D eigenvalue weighted by atomic mass is 9.92. The molecule has 0 saturated carbocycles. The summed E-state index contributed by atoms with van der Waals surface area (Å²) in [6.45, 7) is 7.10. The maximum absolute atomic E-state index is 12.6. The highest BCUT2D eigenvalue weighted by atomic mass is 16.5. The monoisotopic (exact) mass is 380 g/mol. The summed E-state index contributed by atoms with van der Waals surface area (Å²) in [5.74, 6) is 0.133. The molecule has 8 nitrogen and oxygen atoms in total. The number of hydrogen-bond donors (Lipinski definition) is 2. The Balaban J connectivity index is 1.44. The van der Waals surface area contributed by atoms with Crippen molar-refractivity contribution in [3.63, 3.8) is 0 Å². The molecule has 1 aromatic carbocycles. The smallest absolute Gasteiger partial charge is 0.279 e. The maximum Gasteiger partial charge on any atom is 0.279 e. The fourth-order valence-electron chi connectivity index (χ4n) is 3.19. The molecule has 0 radical (unpaired) electrons. The summed E-state index contributed by atoms with van der Waals surface area (Å²) in [5, 5.41) is 18.1. The van der Waals surface area contributed by atoms with Crippen LogP contribution in [-0.2, 0) is 29.7 Å². The van der Waals surface area contributed by atoms with Crippen LogP contribution in [0.25, 0.3) is 0 Å². The summed E-state index contributed by atoms with van der Waals surface area (Å²) in [5.41, 5.74) is 3.04. The first-order valence-corrected chi connectivity index (χ1v) is 9.35. The van der Waals surface area contributed by atoms with E-state index in [2.05, 4.69) is 58.7 Å². The van der Waals surface area contributed by atoms with Gasteiger partial charge in [-0.1, -0.05) is 56.3 Å². The molecule has 146 valence electrons. The predicted octanol–water partition coefficient (Wildman–Crippen LogP) is 2.69. The Morgan fingerprint density at radius 1 is 1.32 bits per heavy atom. The van der Waals surface area contributed by atoms with E-state index in [1.165, 1.54) is 5.56 Å². The van der Waals surface area contributed by atoms with Crippen molar-refractivity contribution in [1.82, 2.24) is 25.2 Å². The molecule has 1 aliphatic rings. The third kappa shape index (κ3) is 3.82. The molecule has 1 aliphatic heterocycles. The highest BCUT2D eigenvalue weighted by Gasteiger charge is 2.27. The molecule has 0 spiro atoms. The van der Waals surface area contributed by atoms with Crippen LogP contribution in [0.2, 0.25) is 0 Å². The lowest BCUT2D eigenvalue weighted by Crippen LogP contribution is -2.30. The van der Waals surface area contributed by atoms with Crippen molar-refractivity contribution in [2.75, 3.05) is 5.32 Å². The van der Waals surface area contributed by atoms with Gasteiger partial charge in [0.1, 0.15) is 0 Å². The zero-order valence-corrected chi connectivity index (χ0v) is 16.3. The Morgan fingerprint density at radius 2 is 2.11 bits per heavy atom. The van der Waals surface area contributed by atoms with Crippen LogP contribution in [-0.4, -0.2) is 37.2 Å². The van der Waals surface area contributed by atoms with E-state index in [0.717, 1.165) is 12.1 Å². The number of H-pyrrole nitrogens is 1. The number of aromatic amines is 1. The van der Waals surface area contributed by atoms with Gasteiger partial charge in [0.25, 0.3) is 5.91 Å². The maximum atomic E-state index is 12.6. The number of aromatic nitrogens is 5. The van der Waals surface area contributed by atoms with Gasteiger partial charge in [-0.05, 0) is 5.56 Å². The quantitative estimate of drug-likeness (QED) is 0.725. The number of ether oxygens (including phenoxy) is 1. The topological polar surface area (TPSA) is 97.7 Å². The summed E-state index contributed by atoms with van der Waals surface area (Å²) in [6.07, 6.45) is 0.804. The average Bonchev–Trinajstić information content (AvgIpc) is 3.29.